The second kappa shape index (κ2) is 9.09. The zero-order valence-electron chi connectivity index (χ0n) is 17.1. The molecule has 1 aromatic heterocycles. The highest BCUT2D eigenvalue weighted by Crippen LogP contribution is 2.27. The molecule has 0 spiro atoms. The van der Waals surface area contributed by atoms with Gasteiger partial charge in [-0.25, -0.2) is 9.18 Å². The van der Waals surface area contributed by atoms with Crippen LogP contribution in [0.4, 0.5) is 15.0 Å². The van der Waals surface area contributed by atoms with Crippen molar-refractivity contribution in [3.8, 4) is 11.9 Å². The fourth-order valence-electron chi connectivity index (χ4n) is 2.97. The van der Waals surface area contributed by atoms with Crippen molar-refractivity contribution in [2.45, 2.75) is 84.1 Å². The topological polar surface area (TPSA) is 96.3 Å². The highest BCUT2D eigenvalue weighted by Gasteiger charge is 2.26. The second-order valence-corrected chi connectivity index (χ2v) is 8.35. The lowest BCUT2D eigenvalue weighted by molar-refractivity contribution is 0.0682. The van der Waals surface area contributed by atoms with Gasteiger partial charge in [0, 0.05) is 17.6 Å². The SMILES string of the molecule is CC(C)Oc1nc(NC2CCC(OC(=O)NC(C)(C)C)CC2)c(F)cc1C#N. The number of ether oxygens (including phenoxy) is 2. The third-order valence-electron chi connectivity index (χ3n) is 4.17. The van der Waals surface area contributed by atoms with Crippen molar-refractivity contribution in [2.24, 2.45) is 0 Å². The summed E-state index contributed by atoms with van der Waals surface area (Å²) in [6.07, 6.45) is 2.05. The first-order valence-corrected chi connectivity index (χ1v) is 9.60. The van der Waals surface area contributed by atoms with Gasteiger partial charge in [0.05, 0.1) is 6.10 Å². The van der Waals surface area contributed by atoms with E-state index in [9.17, 15) is 9.18 Å². The zero-order valence-corrected chi connectivity index (χ0v) is 17.1. The first kappa shape index (κ1) is 21.7. The van der Waals surface area contributed by atoms with E-state index in [1.807, 2.05) is 40.7 Å². The van der Waals surface area contributed by atoms with Crippen LogP contribution in [-0.2, 0) is 4.74 Å². The number of hydrogen-bond donors (Lipinski definition) is 2. The normalized spacial score (nSPS) is 19.6. The number of nitrogens with zero attached hydrogens (tertiary/aromatic N) is 2. The number of rotatable bonds is 5. The maximum absolute atomic E-state index is 14.3. The fourth-order valence-corrected chi connectivity index (χ4v) is 2.97. The number of halogens is 1. The lowest BCUT2D eigenvalue weighted by atomic mass is 9.93. The summed E-state index contributed by atoms with van der Waals surface area (Å²) in [4.78, 5) is 16.0. The second-order valence-electron chi connectivity index (χ2n) is 8.35. The van der Waals surface area contributed by atoms with Crippen LogP contribution in [-0.4, -0.2) is 34.9 Å². The summed E-state index contributed by atoms with van der Waals surface area (Å²) in [5, 5.41) is 15.0. The van der Waals surface area contributed by atoms with Crippen LogP contribution in [0.3, 0.4) is 0 Å². The molecule has 0 aliphatic heterocycles. The summed E-state index contributed by atoms with van der Waals surface area (Å²) in [6, 6.07) is 3.05. The van der Waals surface area contributed by atoms with Gasteiger partial charge < -0.3 is 20.1 Å². The predicted octanol–water partition coefficient (Wildman–Crippen LogP) is 4.13. The summed E-state index contributed by atoms with van der Waals surface area (Å²) in [5.41, 5.74) is -0.275. The van der Waals surface area contributed by atoms with Gasteiger partial charge in [0.1, 0.15) is 17.7 Å². The Balaban J connectivity index is 1.94. The highest BCUT2D eigenvalue weighted by molar-refractivity contribution is 5.68. The number of amides is 1. The van der Waals surface area contributed by atoms with E-state index in [-0.39, 0.29) is 41.1 Å². The van der Waals surface area contributed by atoms with Crippen LogP contribution in [0.5, 0.6) is 5.88 Å². The minimum absolute atomic E-state index is 0.00682. The summed E-state index contributed by atoms with van der Waals surface area (Å²) in [7, 11) is 0. The molecule has 2 rings (SSSR count). The maximum Gasteiger partial charge on any atom is 0.407 e. The van der Waals surface area contributed by atoms with Crippen molar-refractivity contribution in [3.63, 3.8) is 0 Å². The van der Waals surface area contributed by atoms with Gasteiger partial charge in [-0.2, -0.15) is 10.2 Å². The van der Waals surface area contributed by atoms with E-state index in [1.165, 1.54) is 0 Å². The molecule has 0 aromatic carbocycles. The number of nitriles is 1. The standard InChI is InChI=1S/C20H29FN4O3/c1-12(2)27-18-13(11-22)10-16(21)17(24-18)23-14-6-8-15(9-7-14)28-19(26)25-20(3,4)5/h10,12,14-15H,6-9H2,1-5H3,(H,23,24)(H,25,26). The monoisotopic (exact) mass is 392 g/mol. The molecule has 154 valence electrons. The number of carbonyl (C=O) groups is 1. The number of pyridine rings is 1. The molecule has 0 radical (unpaired) electrons. The molecule has 1 aromatic rings. The molecule has 1 fully saturated rings. The van der Waals surface area contributed by atoms with E-state index in [0.29, 0.717) is 12.8 Å². The molecule has 1 aliphatic rings. The van der Waals surface area contributed by atoms with Crippen LogP contribution in [0, 0.1) is 17.1 Å². The Morgan fingerprint density at radius 2 is 1.96 bits per heavy atom. The molecule has 8 heteroatoms. The Bertz CT molecular complexity index is 732. The Morgan fingerprint density at radius 1 is 1.32 bits per heavy atom. The fraction of sp³-hybridized carbons (Fsp3) is 0.650. The van der Waals surface area contributed by atoms with Crippen molar-refractivity contribution in [2.75, 3.05) is 5.32 Å². The van der Waals surface area contributed by atoms with Crippen molar-refractivity contribution in [1.82, 2.24) is 10.3 Å². The first-order valence-electron chi connectivity index (χ1n) is 9.60. The van der Waals surface area contributed by atoms with Crippen molar-refractivity contribution in [1.29, 1.82) is 5.26 Å². The highest BCUT2D eigenvalue weighted by atomic mass is 19.1. The van der Waals surface area contributed by atoms with E-state index in [0.717, 1.165) is 18.9 Å². The van der Waals surface area contributed by atoms with Gasteiger partial charge >= 0.3 is 6.09 Å². The number of nitrogens with one attached hydrogen (secondary N) is 2. The van der Waals surface area contributed by atoms with Crippen LogP contribution in [0.1, 0.15) is 65.9 Å². The Kier molecular flexibility index (Phi) is 7.05. The van der Waals surface area contributed by atoms with Gasteiger partial charge in [-0.05, 0) is 60.3 Å². The molecule has 0 unspecified atom stereocenters. The average molecular weight is 392 g/mol. The summed E-state index contributed by atoms with van der Waals surface area (Å²) < 4.78 is 25.3. The summed E-state index contributed by atoms with van der Waals surface area (Å²) >= 11 is 0. The Hall–Kier alpha value is -2.56. The molecule has 0 atom stereocenters. The van der Waals surface area contributed by atoms with E-state index in [2.05, 4.69) is 15.6 Å². The largest absolute Gasteiger partial charge is 0.474 e. The minimum Gasteiger partial charge on any atom is -0.474 e. The van der Waals surface area contributed by atoms with E-state index >= 15 is 0 Å². The smallest absolute Gasteiger partial charge is 0.407 e. The summed E-state index contributed by atoms with van der Waals surface area (Å²) in [6.45, 7) is 9.31. The Morgan fingerprint density at radius 3 is 2.50 bits per heavy atom. The van der Waals surface area contributed by atoms with Crippen molar-refractivity contribution < 1.29 is 18.7 Å². The van der Waals surface area contributed by atoms with Gasteiger partial charge in [-0.1, -0.05) is 0 Å². The van der Waals surface area contributed by atoms with Gasteiger partial charge in [-0.15, -0.1) is 0 Å². The lowest BCUT2D eigenvalue weighted by Crippen LogP contribution is -2.43. The third-order valence-corrected chi connectivity index (χ3v) is 4.17. The molecular formula is C20H29FN4O3. The number of alkyl carbamates (subject to hydrolysis) is 1. The quantitative estimate of drug-likeness (QED) is 0.782. The molecule has 0 bridgehead atoms. The molecule has 1 heterocycles. The van der Waals surface area contributed by atoms with E-state index in [4.69, 9.17) is 14.7 Å². The maximum atomic E-state index is 14.3. The molecule has 1 saturated carbocycles. The van der Waals surface area contributed by atoms with Crippen LogP contribution in [0.25, 0.3) is 0 Å². The Labute approximate surface area is 165 Å². The molecule has 7 nitrogen and oxygen atoms in total. The lowest BCUT2D eigenvalue weighted by Gasteiger charge is -2.30. The van der Waals surface area contributed by atoms with Crippen molar-refractivity contribution >= 4 is 11.9 Å². The molecule has 1 aliphatic carbocycles. The van der Waals surface area contributed by atoms with Gasteiger partial charge in [0.15, 0.2) is 11.6 Å². The van der Waals surface area contributed by atoms with E-state index in [1.54, 1.807) is 0 Å². The summed E-state index contributed by atoms with van der Waals surface area (Å²) in [5.74, 6) is -0.391. The average Bonchev–Trinajstić information content (AvgIpc) is 2.57. The first-order chi connectivity index (χ1) is 13.1. The molecule has 0 saturated heterocycles. The van der Waals surface area contributed by atoms with Crippen molar-refractivity contribution in [3.05, 3.63) is 17.4 Å². The van der Waals surface area contributed by atoms with Crippen LogP contribution >= 0.6 is 0 Å². The van der Waals surface area contributed by atoms with Crippen LogP contribution in [0.2, 0.25) is 0 Å². The molecule has 28 heavy (non-hydrogen) atoms. The number of anilines is 1. The third kappa shape index (κ3) is 6.55. The van der Waals surface area contributed by atoms with E-state index < -0.39 is 11.9 Å². The predicted molar refractivity (Wildman–Crippen MR) is 104 cm³/mol. The molecule has 2 N–H and O–H groups in total. The van der Waals surface area contributed by atoms with Crippen LogP contribution in [0.15, 0.2) is 6.07 Å². The van der Waals surface area contributed by atoms with Crippen LogP contribution < -0.4 is 15.4 Å². The van der Waals surface area contributed by atoms with Gasteiger partial charge in [0.2, 0.25) is 5.88 Å². The number of aromatic nitrogens is 1. The number of carbonyl (C=O) groups excluding carboxylic acids is 1. The molecule has 1 amide bonds. The van der Waals surface area contributed by atoms with Gasteiger partial charge in [-0.3, -0.25) is 0 Å². The number of hydrogen-bond acceptors (Lipinski definition) is 6. The van der Waals surface area contributed by atoms with Gasteiger partial charge in [0.25, 0.3) is 0 Å². The minimum atomic E-state index is -0.587. The zero-order chi connectivity index (χ0) is 20.9. The molecular weight excluding hydrogens is 363 g/mol.